The van der Waals surface area contributed by atoms with Crippen LogP contribution in [0.25, 0.3) is 0 Å². The Morgan fingerprint density at radius 3 is 2.62 bits per heavy atom. The number of ether oxygens (including phenoxy) is 1. The molecule has 1 heterocycles. The molecule has 1 fully saturated rings. The van der Waals surface area contributed by atoms with Crippen molar-refractivity contribution in [3.05, 3.63) is 29.3 Å². The van der Waals surface area contributed by atoms with Crippen LogP contribution in [0.2, 0.25) is 0 Å². The Hall–Kier alpha value is -1.02. The Labute approximate surface area is 98.0 Å². The lowest BCUT2D eigenvalue weighted by molar-refractivity contribution is 0.213. The third-order valence-corrected chi connectivity index (χ3v) is 3.17. The molecule has 0 aliphatic carbocycles. The fourth-order valence-corrected chi connectivity index (χ4v) is 2.30. The van der Waals surface area contributed by atoms with E-state index < -0.39 is 0 Å². The van der Waals surface area contributed by atoms with Crippen LogP contribution in [0.3, 0.4) is 0 Å². The molecular weight excluding hydrogens is 198 g/mol. The molecule has 2 heteroatoms. The maximum Gasteiger partial charge on any atom is 0.122 e. The van der Waals surface area contributed by atoms with Gasteiger partial charge in [-0.2, -0.15) is 0 Å². The molecule has 16 heavy (non-hydrogen) atoms. The van der Waals surface area contributed by atoms with E-state index in [0.717, 1.165) is 18.7 Å². The minimum atomic E-state index is 0.212. The lowest BCUT2D eigenvalue weighted by atomic mass is 10.0. The summed E-state index contributed by atoms with van der Waals surface area (Å²) in [4.78, 5) is 0. The second-order valence-electron chi connectivity index (χ2n) is 5.48. The summed E-state index contributed by atoms with van der Waals surface area (Å²) in [6.45, 7) is 9.60. The molecule has 88 valence electrons. The zero-order valence-electron chi connectivity index (χ0n) is 10.6. The minimum absolute atomic E-state index is 0.212. The van der Waals surface area contributed by atoms with Crippen LogP contribution in [0.15, 0.2) is 18.2 Å². The molecule has 1 N–H and O–H groups in total. The summed E-state index contributed by atoms with van der Waals surface area (Å²) in [6.07, 6.45) is 1.37. The first kappa shape index (κ1) is 11.5. The highest BCUT2D eigenvalue weighted by molar-refractivity contribution is 5.35. The highest BCUT2D eigenvalue weighted by Crippen LogP contribution is 2.25. The normalized spacial score (nSPS) is 23.4. The van der Waals surface area contributed by atoms with Gasteiger partial charge in [-0.15, -0.1) is 0 Å². The maximum atomic E-state index is 6.03. The van der Waals surface area contributed by atoms with Crippen molar-refractivity contribution in [3.63, 3.8) is 0 Å². The number of benzene rings is 1. The van der Waals surface area contributed by atoms with Crippen LogP contribution >= 0.6 is 0 Å². The summed E-state index contributed by atoms with van der Waals surface area (Å²) in [7, 11) is 0. The van der Waals surface area contributed by atoms with Crippen LogP contribution in [0.1, 0.15) is 31.4 Å². The monoisotopic (exact) mass is 219 g/mol. The van der Waals surface area contributed by atoms with E-state index in [9.17, 15) is 0 Å². The van der Waals surface area contributed by atoms with Crippen molar-refractivity contribution in [1.82, 2.24) is 5.32 Å². The smallest absolute Gasteiger partial charge is 0.122 e. The predicted octanol–water partition coefficient (Wildman–Crippen LogP) is 2.82. The number of hydrogen-bond acceptors (Lipinski definition) is 2. The first-order valence-corrected chi connectivity index (χ1v) is 5.95. The molecular formula is C14H21NO. The summed E-state index contributed by atoms with van der Waals surface area (Å²) in [5.74, 6) is 1.02. The molecule has 1 aliphatic rings. The Bertz CT molecular complexity index is 384. The van der Waals surface area contributed by atoms with Crippen LogP contribution in [0, 0.1) is 13.8 Å². The Morgan fingerprint density at radius 2 is 2.06 bits per heavy atom. The molecule has 0 aromatic heterocycles. The zero-order chi connectivity index (χ0) is 11.8. The van der Waals surface area contributed by atoms with Gasteiger partial charge in [0.1, 0.15) is 11.9 Å². The summed E-state index contributed by atoms with van der Waals surface area (Å²) >= 11 is 0. The van der Waals surface area contributed by atoms with Gasteiger partial charge in [0.05, 0.1) is 0 Å². The van der Waals surface area contributed by atoms with Gasteiger partial charge in [0.2, 0.25) is 0 Å². The van der Waals surface area contributed by atoms with Crippen molar-refractivity contribution in [3.8, 4) is 5.75 Å². The van der Waals surface area contributed by atoms with Crippen molar-refractivity contribution in [2.24, 2.45) is 0 Å². The molecule has 1 atom stereocenters. The molecule has 0 bridgehead atoms. The van der Waals surface area contributed by atoms with E-state index in [1.807, 2.05) is 0 Å². The number of nitrogens with one attached hydrogen (secondary N) is 1. The number of aryl methyl sites for hydroxylation is 2. The molecule has 1 unspecified atom stereocenters. The maximum absolute atomic E-state index is 6.03. The fourth-order valence-electron chi connectivity index (χ4n) is 2.30. The first-order chi connectivity index (χ1) is 7.46. The van der Waals surface area contributed by atoms with Gasteiger partial charge in [0.25, 0.3) is 0 Å². The Morgan fingerprint density at radius 1 is 1.31 bits per heavy atom. The summed E-state index contributed by atoms with van der Waals surface area (Å²) in [5, 5.41) is 3.47. The van der Waals surface area contributed by atoms with Crippen LogP contribution in [0.5, 0.6) is 5.75 Å². The van der Waals surface area contributed by atoms with E-state index in [1.165, 1.54) is 11.1 Å². The van der Waals surface area contributed by atoms with Gasteiger partial charge in [-0.25, -0.2) is 0 Å². The van der Waals surface area contributed by atoms with Crippen LogP contribution in [-0.4, -0.2) is 18.2 Å². The standard InChI is InChI=1S/C14H21NO/c1-10-5-6-13(11(2)7-10)16-12-8-14(3,4)15-9-12/h5-7,12,15H,8-9H2,1-4H3. The molecule has 0 radical (unpaired) electrons. The van der Waals surface area contributed by atoms with Gasteiger partial charge in [-0.3, -0.25) is 0 Å². The predicted molar refractivity (Wildman–Crippen MR) is 67.0 cm³/mol. The van der Waals surface area contributed by atoms with Gasteiger partial charge in [-0.1, -0.05) is 17.7 Å². The van der Waals surface area contributed by atoms with Crippen molar-refractivity contribution in [1.29, 1.82) is 0 Å². The van der Waals surface area contributed by atoms with Gasteiger partial charge in [0, 0.05) is 18.5 Å². The highest BCUT2D eigenvalue weighted by atomic mass is 16.5. The second-order valence-corrected chi connectivity index (χ2v) is 5.48. The topological polar surface area (TPSA) is 21.3 Å². The SMILES string of the molecule is Cc1ccc(OC2CNC(C)(C)C2)c(C)c1. The molecule has 2 rings (SSSR count). The first-order valence-electron chi connectivity index (χ1n) is 5.95. The Balaban J connectivity index is 2.05. The zero-order valence-corrected chi connectivity index (χ0v) is 10.6. The number of hydrogen-bond donors (Lipinski definition) is 1. The Kier molecular flexibility index (Phi) is 2.94. The van der Waals surface area contributed by atoms with Crippen molar-refractivity contribution in [2.45, 2.75) is 45.8 Å². The molecule has 2 nitrogen and oxygen atoms in total. The van der Waals surface area contributed by atoms with Crippen molar-refractivity contribution in [2.75, 3.05) is 6.54 Å². The molecule has 0 amide bonds. The minimum Gasteiger partial charge on any atom is -0.489 e. The van der Waals surface area contributed by atoms with E-state index >= 15 is 0 Å². The molecule has 1 aliphatic heterocycles. The summed E-state index contributed by atoms with van der Waals surface area (Å²) < 4.78 is 6.03. The van der Waals surface area contributed by atoms with E-state index in [4.69, 9.17) is 4.74 Å². The quantitative estimate of drug-likeness (QED) is 0.826. The molecule has 1 aromatic rings. The number of rotatable bonds is 2. The average molecular weight is 219 g/mol. The van der Waals surface area contributed by atoms with E-state index in [0.29, 0.717) is 6.10 Å². The third-order valence-electron chi connectivity index (χ3n) is 3.17. The third kappa shape index (κ3) is 2.56. The van der Waals surface area contributed by atoms with Gasteiger partial charge in [0.15, 0.2) is 0 Å². The van der Waals surface area contributed by atoms with Gasteiger partial charge < -0.3 is 10.1 Å². The van der Waals surface area contributed by atoms with E-state index in [2.05, 4.69) is 51.2 Å². The molecule has 1 aromatic carbocycles. The van der Waals surface area contributed by atoms with E-state index in [1.54, 1.807) is 0 Å². The van der Waals surface area contributed by atoms with Crippen molar-refractivity contribution < 1.29 is 4.74 Å². The molecule has 0 spiro atoms. The van der Waals surface area contributed by atoms with Gasteiger partial charge >= 0.3 is 0 Å². The average Bonchev–Trinajstić information content (AvgIpc) is 2.51. The van der Waals surface area contributed by atoms with E-state index in [-0.39, 0.29) is 5.54 Å². The largest absolute Gasteiger partial charge is 0.489 e. The van der Waals surface area contributed by atoms with Crippen LogP contribution in [0.4, 0.5) is 0 Å². The molecule has 0 saturated carbocycles. The summed E-state index contributed by atoms with van der Waals surface area (Å²) in [5.41, 5.74) is 2.72. The van der Waals surface area contributed by atoms with Crippen LogP contribution in [-0.2, 0) is 0 Å². The fraction of sp³-hybridized carbons (Fsp3) is 0.571. The highest BCUT2D eigenvalue weighted by Gasteiger charge is 2.31. The lowest BCUT2D eigenvalue weighted by Gasteiger charge is -2.18. The molecule has 1 saturated heterocycles. The van der Waals surface area contributed by atoms with Gasteiger partial charge in [-0.05, 0) is 39.3 Å². The van der Waals surface area contributed by atoms with Crippen LogP contribution < -0.4 is 10.1 Å². The second kappa shape index (κ2) is 4.10. The summed E-state index contributed by atoms with van der Waals surface area (Å²) in [6, 6.07) is 6.36. The lowest BCUT2D eigenvalue weighted by Crippen LogP contribution is -2.31. The van der Waals surface area contributed by atoms with Crippen molar-refractivity contribution >= 4 is 0 Å².